The van der Waals surface area contributed by atoms with Gasteiger partial charge in [0, 0.05) is 29.3 Å². The second kappa shape index (κ2) is 6.41. The molecule has 20 heavy (non-hydrogen) atoms. The van der Waals surface area contributed by atoms with Crippen molar-refractivity contribution in [3.63, 3.8) is 0 Å². The number of aromatic nitrogens is 2. The molecule has 4 nitrogen and oxygen atoms in total. The van der Waals surface area contributed by atoms with Crippen LogP contribution in [-0.4, -0.2) is 16.9 Å². The highest BCUT2D eigenvalue weighted by Gasteiger charge is 2.16. The minimum atomic E-state index is -0.0675. The van der Waals surface area contributed by atoms with Gasteiger partial charge in [0.1, 0.15) is 5.75 Å². The third-order valence-corrected chi connectivity index (χ3v) is 4.14. The average molecular weight is 338 g/mol. The summed E-state index contributed by atoms with van der Waals surface area (Å²) in [5.41, 5.74) is 9.69. The number of aryl methyl sites for hydroxylation is 2. The predicted octanol–water partition coefficient (Wildman–Crippen LogP) is 3.00. The molecule has 108 valence electrons. The number of methoxy groups -OCH3 is 1. The van der Waals surface area contributed by atoms with Gasteiger partial charge in [0.15, 0.2) is 0 Å². The maximum Gasteiger partial charge on any atom is 0.119 e. The first-order valence-electron chi connectivity index (χ1n) is 6.65. The highest BCUT2D eigenvalue weighted by Crippen LogP contribution is 2.27. The van der Waals surface area contributed by atoms with Crippen molar-refractivity contribution in [1.29, 1.82) is 0 Å². The van der Waals surface area contributed by atoms with Crippen LogP contribution in [0.15, 0.2) is 28.9 Å². The third-order valence-electron chi connectivity index (χ3n) is 3.36. The summed E-state index contributed by atoms with van der Waals surface area (Å²) in [6, 6.07) is 5.87. The van der Waals surface area contributed by atoms with Gasteiger partial charge in [0.25, 0.3) is 0 Å². The van der Waals surface area contributed by atoms with Gasteiger partial charge < -0.3 is 10.5 Å². The fourth-order valence-corrected chi connectivity index (χ4v) is 2.73. The monoisotopic (exact) mass is 337 g/mol. The molecule has 1 aromatic heterocycles. The number of rotatable bonds is 5. The average Bonchev–Trinajstić information content (AvgIpc) is 2.82. The number of benzene rings is 1. The van der Waals surface area contributed by atoms with Crippen LogP contribution in [-0.2, 0) is 19.9 Å². The molecule has 0 spiro atoms. The number of hydrogen-bond acceptors (Lipinski definition) is 3. The highest BCUT2D eigenvalue weighted by atomic mass is 79.9. The van der Waals surface area contributed by atoms with Crippen molar-refractivity contribution in [2.45, 2.75) is 25.8 Å². The van der Waals surface area contributed by atoms with Gasteiger partial charge in [-0.05, 0) is 36.6 Å². The SMILES string of the molecule is CCc1nn(C)cc1C(N)Cc1cc(OC)ccc1Br. The zero-order chi connectivity index (χ0) is 14.7. The van der Waals surface area contributed by atoms with Crippen molar-refractivity contribution < 1.29 is 4.74 Å². The first-order valence-corrected chi connectivity index (χ1v) is 7.44. The first kappa shape index (κ1) is 15.1. The molecule has 0 saturated heterocycles. The maximum atomic E-state index is 6.36. The Hall–Kier alpha value is -1.33. The van der Waals surface area contributed by atoms with Crippen molar-refractivity contribution in [2.24, 2.45) is 12.8 Å². The molecule has 0 saturated carbocycles. The molecule has 2 aromatic rings. The maximum absolute atomic E-state index is 6.36. The van der Waals surface area contributed by atoms with E-state index in [2.05, 4.69) is 28.0 Å². The molecule has 0 fully saturated rings. The number of halogens is 1. The molecule has 0 amide bonds. The normalized spacial score (nSPS) is 12.4. The molecule has 1 unspecified atom stereocenters. The van der Waals surface area contributed by atoms with Crippen LogP contribution < -0.4 is 10.5 Å². The summed E-state index contributed by atoms with van der Waals surface area (Å²) in [4.78, 5) is 0. The topological polar surface area (TPSA) is 53.1 Å². The van der Waals surface area contributed by atoms with E-state index < -0.39 is 0 Å². The number of hydrogen-bond donors (Lipinski definition) is 1. The van der Waals surface area contributed by atoms with E-state index in [1.54, 1.807) is 7.11 Å². The minimum Gasteiger partial charge on any atom is -0.497 e. The van der Waals surface area contributed by atoms with Crippen LogP contribution in [0.5, 0.6) is 5.75 Å². The summed E-state index contributed by atoms with van der Waals surface area (Å²) in [5, 5.41) is 4.45. The van der Waals surface area contributed by atoms with E-state index >= 15 is 0 Å². The molecule has 2 N–H and O–H groups in total. The van der Waals surface area contributed by atoms with Gasteiger partial charge in [0.05, 0.1) is 12.8 Å². The van der Waals surface area contributed by atoms with E-state index in [4.69, 9.17) is 10.5 Å². The summed E-state index contributed by atoms with van der Waals surface area (Å²) < 4.78 is 8.15. The van der Waals surface area contributed by atoms with E-state index in [0.717, 1.165) is 39.9 Å². The van der Waals surface area contributed by atoms with Gasteiger partial charge in [-0.1, -0.05) is 22.9 Å². The number of nitrogens with zero attached hydrogens (tertiary/aromatic N) is 2. The smallest absolute Gasteiger partial charge is 0.119 e. The van der Waals surface area contributed by atoms with Crippen molar-refractivity contribution in [3.8, 4) is 5.75 Å². The van der Waals surface area contributed by atoms with Crippen molar-refractivity contribution in [2.75, 3.05) is 7.11 Å². The Morgan fingerprint density at radius 3 is 2.85 bits per heavy atom. The summed E-state index contributed by atoms with van der Waals surface area (Å²) in [5.74, 6) is 0.845. The quantitative estimate of drug-likeness (QED) is 0.912. The summed E-state index contributed by atoms with van der Waals surface area (Å²) >= 11 is 3.57. The Morgan fingerprint density at radius 1 is 1.45 bits per heavy atom. The van der Waals surface area contributed by atoms with Crippen LogP contribution >= 0.6 is 15.9 Å². The van der Waals surface area contributed by atoms with E-state index in [1.165, 1.54) is 0 Å². The Morgan fingerprint density at radius 2 is 2.20 bits per heavy atom. The summed E-state index contributed by atoms with van der Waals surface area (Å²) in [7, 11) is 3.60. The van der Waals surface area contributed by atoms with Crippen LogP contribution in [0.3, 0.4) is 0 Å². The van der Waals surface area contributed by atoms with E-state index in [9.17, 15) is 0 Å². The zero-order valence-corrected chi connectivity index (χ0v) is 13.6. The van der Waals surface area contributed by atoms with Crippen molar-refractivity contribution in [1.82, 2.24) is 9.78 Å². The lowest BCUT2D eigenvalue weighted by Crippen LogP contribution is -2.14. The lowest BCUT2D eigenvalue weighted by atomic mass is 9.99. The van der Waals surface area contributed by atoms with Gasteiger partial charge in [-0.25, -0.2) is 0 Å². The molecule has 1 heterocycles. The van der Waals surface area contributed by atoms with Crippen LogP contribution in [0.4, 0.5) is 0 Å². The number of nitrogens with two attached hydrogens (primary N) is 1. The second-order valence-electron chi connectivity index (χ2n) is 4.83. The predicted molar refractivity (Wildman–Crippen MR) is 83.9 cm³/mol. The molecule has 0 aliphatic heterocycles. The molecule has 1 aromatic carbocycles. The van der Waals surface area contributed by atoms with Gasteiger partial charge >= 0.3 is 0 Å². The molecule has 0 bridgehead atoms. The minimum absolute atomic E-state index is 0.0675. The second-order valence-corrected chi connectivity index (χ2v) is 5.68. The lowest BCUT2D eigenvalue weighted by Gasteiger charge is -2.13. The van der Waals surface area contributed by atoms with Crippen LogP contribution in [0.25, 0.3) is 0 Å². The zero-order valence-electron chi connectivity index (χ0n) is 12.1. The van der Waals surface area contributed by atoms with Gasteiger partial charge in [0.2, 0.25) is 0 Å². The highest BCUT2D eigenvalue weighted by molar-refractivity contribution is 9.10. The summed E-state index contributed by atoms with van der Waals surface area (Å²) in [6.45, 7) is 2.10. The van der Waals surface area contributed by atoms with Crippen LogP contribution in [0.1, 0.15) is 29.8 Å². The Balaban J connectivity index is 2.24. The molecule has 1 atom stereocenters. The first-order chi connectivity index (χ1) is 9.55. The van der Waals surface area contributed by atoms with Gasteiger partial charge in [-0.3, -0.25) is 4.68 Å². The molecule has 5 heteroatoms. The van der Waals surface area contributed by atoms with Crippen molar-refractivity contribution in [3.05, 3.63) is 45.7 Å². The Kier molecular flexibility index (Phi) is 4.83. The van der Waals surface area contributed by atoms with E-state index in [1.807, 2.05) is 36.1 Å². The number of ether oxygens (including phenoxy) is 1. The molecular formula is C15H20BrN3O. The van der Waals surface area contributed by atoms with E-state index in [-0.39, 0.29) is 6.04 Å². The van der Waals surface area contributed by atoms with Gasteiger partial charge in [-0.2, -0.15) is 5.10 Å². The Labute approximate surface area is 128 Å². The molecule has 2 rings (SSSR count). The van der Waals surface area contributed by atoms with Crippen molar-refractivity contribution >= 4 is 15.9 Å². The fourth-order valence-electron chi connectivity index (χ4n) is 2.32. The Bertz CT molecular complexity index is 595. The summed E-state index contributed by atoms with van der Waals surface area (Å²) in [6.07, 6.45) is 3.65. The van der Waals surface area contributed by atoms with Crippen LogP contribution in [0.2, 0.25) is 0 Å². The van der Waals surface area contributed by atoms with Gasteiger partial charge in [-0.15, -0.1) is 0 Å². The van der Waals surface area contributed by atoms with Crippen LogP contribution in [0, 0.1) is 0 Å². The molecule has 0 radical (unpaired) electrons. The molecule has 0 aliphatic carbocycles. The molecular weight excluding hydrogens is 318 g/mol. The third kappa shape index (κ3) is 3.22. The van der Waals surface area contributed by atoms with E-state index in [0.29, 0.717) is 0 Å². The molecule has 0 aliphatic rings. The standard InChI is InChI=1S/C15H20BrN3O/c1-4-15-12(9-19(2)18-15)14(17)8-10-7-11(20-3)5-6-13(10)16/h5-7,9,14H,4,8,17H2,1-3H3. The lowest BCUT2D eigenvalue weighted by molar-refractivity contribution is 0.414. The largest absolute Gasteiger partial charge is 0.497 e. The fraction of sp³-hybridized carbons (Fsp3) is 0.400.